The van der Waals surface area contributed by atoms with Crippen LogP contribution in [0, 0.1) is 25.3 Å². The van der Waals surface area contributed by atoms with Crippen molar-refractivity contribution in [2.75, 3.05) is 33.9 Å². The van der Waals surface area contributed by atoms with E-state index in [0.717, 1.165) is 135 Å². The van der Waals surface area contributed by atoms with E-state index in [1.54, 1.807) is 35.9 Å². The number of nitrogens with zero attached hydrogens (tertiary/aromatic N) is 8. The molecule has 15 rings (SSSR count). The number of ketones is 1. The SMILES string of the molecule is CC1(C)CCC(c2cc(OCc3ccccc3)c(Cl)cc2Br)C1.CC1(C)CCC(c2cc(OCc3ccccc3)c(Cl)cc2Br)N1N.CC1(C)CCC(c2cc(OCc3ccccc3)c(Cl)cc2Br)N1N.CC1(C)CCC(c2cc(OCc3ccccc3)c(Cl)cc2Br)N1N=O.CC1(C)CCC(c2cc(OCc3ccccc3)c(Cl)cc2Br)N1N=O.CCOC(=O)/C(=C\N(C)C)C(=O)CC(OCC)OCC.O=N[O-].[Na+].[Zn]. The molecule has 0 amide bonds. The molecule has 5 fully saturated rings. The van der Waals surface area contributed by atoms with Crippen molar-refractivity contribution in [2.45, 2.75) is 259 Å². The number of Topliss-reactive ketones (excluding diaryl/α,β-unsaturated/α-hetero) is 1. The first kappa shape index (κ1) is 126. The molecule has 4 saturated heterocycles. The third-order valence-electron chi connectivity index (χ3n) is 25.7. The second kappa shape index (κ2) is 60.7. The standard InChI is InChI=1S/C20H22BrClO.2C19H20BrClN2O2.2C19H22BrClN2O.C14H25NO5.HNO2.Na.Zn/c1-20(2)9-8-15(12-20)16-10-19(18(22)11-17(16)21)23-13-14-6-4-3-5-7-14;2*1-19(2)9-8-17(23(19)22-24)14-10-18(16(21)11-15(14)20)25-12-13-6-4-3-5-7-13;2*1-19(2)9-8-17(23(19)22)14-10-18(16(21)11-15(14)20)24-12-13-6-4-3-5-7-13;1-6-18-13(19-7-2)9-12(16)11(10-15(4)5)14(17)20-8-3;2-1-3;;/h3-7,10-11,15H,8-9,12-13H2,1-2H3;2*3-7,10-11,17H,8-9,12H2,1-2H3;2*3-7,10-11,17H,8-9,12,22H2,1-2H3;10,13H,6-9H2,1-5H3;(H,2,3);;/q;;;;;;;+1;/p-1/b;;;;;11-10-;;;. The number of ether oxygens (including phenoxy) is 8. The molecule has 24 nitrogen and oxygen atoms in total. The molecule has 778 valence electrons. The molecule has 10 aromatic rings. The van der Waals surface area contributed by atoms with E-state index >= 15 is 0 Å². The van der Waals surface area contributed by atoms with Gasteiger partial charge in [0.2, 0.25) is 0 Å². The number of nitrogens with two attached hydrogens (primary N) is 2. The van der Waals surface area contributed by atoms with Gasteiger partial charge in [0.15, 0.2) is 12.1 Å². The van der Waals surface area contributed by atoms with Crippen LogP contribution in [0.4, 0.5) is 0 Å². The van der Waals surface area contributed by atoms with Gasteiger partial charge in [0, 0.05) is 86.4 Å². The van der Waals surface area contributed by atoms with Crippen molar-refractivity contribution in [2.24, 2.45) is 33.0 Å². The van der Waals surface area contributed by atoms with Crippen LogP contribution < -0.4 is 64.9 Å². The quantitative estimate of drug-likeness (QED) is 0.00456. The first-order valence-corrected chi connectivity index (χ1v) is 53.7. The van der Waals surface area contributed by atoms with Crippen molar-refractivity contribution in [1.29, 1.82) is 0 Å². The van der Waals surface area contributed by atoms with Gasteiger partial charge in [0.25, 0.3) is 0 Å². The topological polar surface area (TPSA) is 288 Å². The van der Waals surface area contributed by atoms with E-state index in [2.05, 4.69) is 150 Å². The molecule has 0 radical (unpaired) electrons. The molecule has 36 heteroatoms. The van der Waals surface area contributed by atoms with E-state index in [1.165, 1.54) is 31.0 Å². The summed E-state index contributed by atoms with van der Waals surface area (Å²) in [7, 11) is 3.46. The van der Waals surface area contributed by atoms with Crippen molar-refractivity contribution in [3.8, 4) is 28.7 Å². The van der Waals surface area contributed by atoms with E-state index in [4.69, 9.17) is 118 Å². The van der Waals surface area contributed by atoms with Gasteiger partial charge in [-0.05, 0) is 274 Å². The number of hydrazine groups is 2. The monoisotopic (exact) mass is 2470 g/mol. The van der Waals surface area contributed by atoms with Gasteiger partial charge < -0.3 is 52.9 Å². The van der Waals surface area contributed by atoms with E-state index in [9.17, 15) is 19.4 Å². The van der Waals surface area contributed by atoms with Gasteiger partial charge in [0.1, 0.15) is 67.4 Å². The van der Waals surface area contributed by atoms with Crippen LogP contribution in [0.25, 0.3) is 0 Å². The Morgan fingerprint density at radius 2 is 0.678 bits per heavy atom. The molecule has 4 aliphatic heterocycles. The summed E-state index contributed by atoms with van der Waals surface area (Å²) in [5, 5.41) is 25.7. The molecule has 1 aliphatic carbocycles. The van der Waals surface area contributed by atoms with E-state index in [-0.39, 0.29) is 120 Å². The van der Waals surface area contributed by atoms with Crippen LogP contribution in [-0.4, -0.2) is 99.0 Å². The smallest absolute Gasteiger partial charge is 0.487 e. The molecule has 1 saturated carbocycles. The predicted octanol–water partition coefficient (Wildman–Crippen LogP) is 29.1. The fraction of sp³-hybridized carbons (Fsp3) is 0.418. The van der Waals surface area contributed by atoms with Crippen LogP contribution in [-0.2, 0) is 76.3 Å². The van der Waals surface area contributed by atoms with E-state index in [1.807, 2.05) is 246 Å². The molecule has 5 atom stereocenters. The third kappa shape index (κ3) is 37.1. The number of halogens is 10. The molecule has 0 spiro atoms. The Balaban J connectivity index is 0.000000236. The van der Waals surface area contributed by atoms with Gasteiger partial charge >= 0.3 is 35.5 Å². The maximum absolute atomic E-state index is 12.2. The normalized spacial score (nSPS) is 18.0. The first-order chi connectivity index (χ1) is 68.4. The number of esters is 1. The fourth-order valence-electron chi connectivity index (χ4n) is 17.7. The van der Waals surface area contributed by atoms with Gasteiger partial charge in [-0.15, -0.1) is 15.2 Å². The minimum Gasteiger partial charge on any atom is -0.487 e. The number of hydrogen-bond donors (Lipinski definition) is 2. The first-order valence-electron chi connectivity index (χ1n) is 47.8. The van der Waals surface area contributed by atoms with E-state index in [0.29, 0.717) is 106 Å². The molecule has 0 bridgehead atoms. The number of benzene rings is 10. The number of carbonyl (C=O) groups excluding carboxylic acids is 2. The summed E-state index contributed by atoms with van der Waals surface area (Å²) >= 11 is 49.9. The van der Waals surface area contributed by atoms with Gasteiger partial charge in [-0.25, -0.2) is 24.8 Å². The van der Waals surface area contributed by atoms with Crippen molar-refractivity contribution in [3.05, 3.63) is 347 Å². The summed E-state index contributed by atoms with van der Waals surface area (Å²) < 4.78 is 50.0. The van der Waals surface area contributed by atoms with Crippen LogP contribution in [0.5, 0.6) is 28.7 Å². The molecule has 10 aromatic carbocycles. The zero-order chi connectivity index (χ0) is 105. The Morgan fingerprint density at radius 1 is 0.418 bits per heavy atom. The van der Waals surface area contributed by atoms with Gasteiger partial charge in [-0.2, -0.15) is 0 Å². The van der Waals surface area contributed by atoms with Crippen molar-refractivity contribution >= 4 is 149 Å². The van der Waals surface area contributed by atoms with Crippen molar-refractivity contribution < 1.29 is 96.5 Å². The Labute approximate surface area is 962 Å². The van der Waals surface area contributed by atoms with E-state index < -0.39 is 12.3 Å². The summed E-state index contributed by atoms with van der Waals surface area (Å²) in [6.45, 7) is 30.3. The summed E-state index contributed by atoms with van der Waals surface area (Å²) in [6.07, 6.45) is 12.2. The Hall–Kier alpha value is -6.69. The second-order valence-corrected chi connectivity index (χ2v) is 45.2. The summed E-state index contributed by atoms with van der Waals surface area (Å²) in [5.74, 6) is 15.7. The molecule has 4 N–H and O–H groups in total. The van der Waals surface area contributed by atoms with Crippen LogP contribution in [0.15, 0.2) is 262 Å². The minimum absolute atomic E-state index is 0. The summed E-state index contributed by atoms with van der Waals surface area (Å²) in [5.41, 5.74) is 10.9. The van der Waals surface area contributed by atoms with Crippen LogP contribution in [0.3, 0.4) is 0 Å². The largest absolute Gasteiger partial charge is 1.00 e. The third-order valence-corrected chi connectivity index (χ3v) is 30.6. The van der Waals surface area contributed by atoms with Crippen LogP contribution in [0.2, 0.25) is 25.1 Å². The average molecular weight is 2480 g/mol. The number of hydrogen-bond acceptors (Lipinski definition) is 22. The summed E-state index contributed by atoms with van der Waals surface area (Å²) in [4.78, 5) is 56.4. The molecule has 0 aromatic heterocycles. The van der Waals surface area contributed by atoms with Crippen LogP contribution in [0.1, 0.15) is 253 Å². The Kier molecular flexibility index (Phi) is 52.5. The molecule has 5 aliphatic rings. The maximum Gasteiger partial charge on any atom is 1.00 e. The second-order valence-electron chi connectivity index (χ2n) is 38.9. The van der Waals surface area contributed by atoms with Gasteiger partial charge in [-0.3, -0.25) is 16.5 Å². The number of rotatable bonds is 32. The maximum atomic E-state index is 12.2. The Morgan fingerprint density at radius 3 is 0.918 bits per heavy atom. The van der Waals surface area contributed by atoms with Gasteiger partial charge in [0.05, 0.1) is 84.0 Å². The average Bonchev–Trinajstić information content (AvgIpc) is 1.65. The molecular weight excluding hydrogens is 2350 g/mol. The number of carbonyl (C=O) groups is 2. The molecular formula is C110H131Br5Cl5N10NaO14Zn. The molecule has 146 heavy (non-hydrogen) atoms. The summed E-state index contributed by atoms with van der Waals surface area (Å²) in [6, 6.07) is 69.7. The van der Waals surface area contributed by atoms with Crippen molar-refractivity contribution in [3.63, 3.8) is 0 Å². The fourth-order valence-corrected chi connectivity index (χ4v) is 22.5. The van der Waals surface area contributed by atoms with Gasteiger partial charge in [-0.1, -0.05) is 303 Å². The molecule has 4 heterocycles. The minimum atomic E-state index is -0.641. The zero-order valence-electron chi connectivity index (χ0n) is 85.8. The predicted molar refractivity (Wildman–Crippen MR) is 596 cm³/mol. The molecule has 5 unspecified atom stereocenters. The Bertz CT molecular complexity index is 5610. The van der Waals surface area contributed by atoms with Crippen molar-refractivity contribution in [1.82, 2.24) is 24.9 Å². The zero-order valence-corrected chi connectivity index (χ0v) is 103. The van der Waals surface area contributed by atoms with Crippen LogP contribution >= 0.6 is 138 Å². The number of nitroso groups, excluding NO2 is 2.